The fraction of sp³-hybridized carbons (Fsp3) is 0.538. The lowest BCUT2D eigenvalue weighted by atomic mass is 10.1. The summed E-state index contributed by atoms with van der Waals surface area (Å²) in [5, 5.41) is 0. The molecule has 4 nitrogen and oxygen atoms in total. The van der Waals surface area contributed by atoms with Crippen molar-refractivity contribution in [3.63, 3.8) is 0 Å². The zero-order chi connectivity index (χ0) is 12.3. The van der Waals surface area contributed by atoms with Gasteiger partial charge in [-0.1, -0.05) is 0 Å². The summed E-state index contributed by atoms with van der Waals surface area (Å²) < 4.78 is 1.91. The van der Waals surface area contributed by atoms with Crippen molar-refractivity contribution in [3.8, 4) is 0 Å². The van der Waals surface area contributed by atoms with Gasteiger partial charge in [-0.15, -0.1) is 0 Å². The standard InChI is InChI=1S/C13H20N3O/c1-14-6-8-16(9-7-14)11-13(17)12-4-3-5-15(2)10-12/h3-5,10H,6-9,11H2,1-2H3/q+1. The molecule has 1 aromatic heterocycles. The van der Waals surface area contributed by atoms with Crippen LogP contribution in [0.25, 0.3) is 0 Å². The summed E-state index contributed by atoms with van der Waals surface area (Å²) in [7, 11) is 4.06. The molecular formula is C13H20N3O+. The number of hydrogen-bond donors (Lipinski definition) is 0. The lowest BCUT2D eigenvalue weighted by Crippen LogP contribution is -2.46. The number of carbonyl (C=O) groups is 1. The normalized spacial score (nSPS) is 18.2. The highest BCUT2D eigenvalue weighted by molar-refractivity contribution is 5.97. The number of aromatic nitrogens is 1. The number of likely N-dealkylation sites (N-methyl/N-ethyl adjacent to an activating group) is 1. The van der Waals surface area contributed by atoms with Crippen LogP contribution in [0.4, 0.5) is 0 Å². The first-order chi connectivity index (χ1) is 8.15. The Labute approximate surface area is 102 Å². The molecule has 1 fully saturated rings. The van der Waals surface area contributed by atoms with E-state index < -0.39 is 0 Å². The van der Waals surface area contributed by atoms with Crippen LogP contribution in [0.1, 0.15) is 10.4 Å². The first kappa shape index (κ1) is 12.2. The summed E-state index contributed by atoms with van der Waals surface area (Å²) >= 11 is 0. The fourth-order valence-corrected chi connectivity index (χ4v) is 2.05. The van der Waals surface area contributed by atoms with Crippen molar-refractivity contribution in [2.45, 2.75) is 0 Å². The molecular weight excluding hydrogens is 214 g/mol. The Morgan fingerprint density at radius 3 is 2.71 bits per heavy atom. The molecule has 0 atom stereocenters. The van der Waals surface area contributed by atoms with Gasteiger partial charge in [0.2, 0.25) is 0 Å². The Bertz CT molecular complexity index is 397. The molecule has 92 valence electrons. The molecule has 1 aliphatic heterocycles. The highest BCUT2D eigenvalue weighted by Crippen LogP contribution is 2.03. The van der Waals surface area contributed by atoms with Gasteiger partial charge in [0, 0.05) is 32.2 Å². The van der Waals surface area contributed by atoms with Gasteiger partial charge in [0.25, 0.3) is 0 Å². The zero-order valence-corrected chi connectivity index (χ0v) is 10.6. The first-order valence-electron chi connectivity index (χ1n) is 6.04. The molecule has 1 aliphatic rings. The van der Waals surface area contributed by atoms with Crippen molar-refractivity contribution >= 4 is 5.78 Å². The van der Waals surface area contributed by atoms with Crippen molar-refractivity contribution < 1.29 is 9.36 Å². The van der Waals surface area contributed by atoms with E-state index in [1.807, 2.05) is 36.1 Å². The minimum Gasteiger partial charge on any atom is -0.304 e. The van der Waals surface area contributed by atoms with Gasteiger partial charge in [-0.2, -0.15) is 0 Å². The highest BCUT2D eigenvalue weighted by atomic mass is 16.1. The van der Waals surface area contributed by atoms with E-state index in [2.05, 4.69) is 16.8 Å². The Kier molecular flexibility index (Phi) is 3.86. The summed E-state index contributed by atoms with van der Waals surface area (Å²) in [5.41, 5.74) is 0.800. The minimum atomic E-state index is 0.214. The van der Waals surface area contributed by atoms with Crippen LogP contribution in [-0.4, -0.2) is 55.4 Å². The van der Waals surface area contributed by atoms with Crippen molar-refractivity contribution in [1.82, 2.24) is 9.80 Å². The van der Waals surface area contributed by atoms with Gasteiger partial charge in [0.05, 0.1) is 12.1 Å². The molecule has 0 amide bonds. The highest BCUT2D eigenvalue weighted by Gasteiger charge is 2.18. The number of Topliss-reactive ketones (excluding diaryl/α,β-unsaturated/α-hetero) is 1. The van der Waals surface area contributed by atoms with E-state index in [4.69, 9.17) is 0 Å². The average Bonchev–Trinajstić information content (AvgIpc) is 2.32. The van der Waals surface area contributed by atoms with Crippen LogP contribution in [-0.2, 0) is 7.05 Å². The second-order valence-electron chi connectivity index (χ2n) is 4.76. The molecule has 0 bridgehead atoms. The second-order valence-corrected chi connectivity index (χ2v) is 4.76. The largest absolute Gasteiger partial charge is 0.304 e. The van der Waals surface area contributed by atoms with Crippen molar-refractivity contribution in [1.29, 1.82) is 0 Å². The third-order valence-electron chi connectivity index (χ3n) is 3.22. The van der Waals surface area contributed by atoms with Gasteiger partial charge >= 0.3 is 0 Å². The van der Waals surface area contributed by atoms with Gasteiger partial charge < -0.3 is 4.90 Å². The summed E-state index contributed by atoms with van der Waals surface area (Å²) in [4.78, 5) is 16.6. The molecule has 17 heavy (non-hydrogen) atoms. The molecule has 0 radical (unpaired) electrons. The number of ketones is 1. The number of hydrogen-bond acceptors (Lipinski definition) is 3. The van der Waals surface area contributed by atoms with Gasteiger partial charge in [-0.05, 0) is 13.1 Å². The molecule has 0 aromatic carbocycles. The molecule has 0 aliphatic carbocycles. The maximum Gasteiger partial charge on any atom is 0.182 e. The third-order valence-corrected chi connectivity index (χ3v) is 3.22. The van der Waals surface area contributed by atoms with Crippen LogP contribution in [0.3, 0.4) is 0 Å². The first-order valence-corrected chi connectivity index (χ1v) is 6.04. The SMILES string of the molecule is CN1CCN(CC(=O)c2ccc[n+](C)c2)CC1. The molecule has 0 unspecified atom stereocenters. The van der Waals surface area contributed by atoms with Crippen LogP contribution in [0, 0.1) is 0 Å². The number of pyridine rings is 1. The van der Waals surface area contributed by atoms with E-state index in [0.717, 1.165) is 31.7 Å². The molecule has 0 spiro atoms. The maximum absolute atomic E-state index is 12.1. The zero-order valence-electron chi connectivity index (χ0n) is 10.6. The molecule has 4 heteroatoms. The Hall–Kier alpha value is -1.26. The fourth-order valence-electron chi connectivity index (χ4n) is 2.05. The molecule has 0 saturated carbocycles. The van der Waals surface area contributed by atoms with Gasteiger partial charge in [0.1, 0.15) is 7.05 Å². The van der Waals surface area contributed by atoms with E-state index in [9.17, 15) is 4.79 Å². The summed E-state index contributed by atoms with van der Waals surface area (Å²) in [5.74, 6) is 0.214. The number of carbonyl (C=O) groups excluding carboxylic acids is 1. The molecule has 1 aromatic rings. The molecule has 2 rings (SSSR count). The summed E-state index contributed by atoms with van der Waals surface area (Å²) in [6.45, 7) is 4.62. The van der Waals surface area contributed by atoms with E-state index in [1.165, 1.54) is 0 Å². The van der Waals surface area contributed by atoms with E-state index in [1.54, 1.807) is 0 Å². The monoisotopic (exact) mass is 234 g/mol. The van der Waals surface area contributed by atoms with Crippen LogP contribution >= 0.6 is 0 Å². The molecule has 1 saturated heterocycles. The number of aryl methyl sites for hydroxylation is 1. The van der Waals surface area contributed by atoms with E-state index in [-0.39, 0.29) is 5.78 Å². The topological polar surface area (TPSA) is 27.4 Å². The molecule has 2 heterocycles. The van der Waals surface area contributed by atoms with Crippen molar-refractivity contribution in [2.24, 2.45) is 7.05 Å². The summed E-state index contributed by atoms with van der Waals surface area (Å²) in [6.07, 6.45) is 3.82. The minimum absolute atomic E-state index is 0.214. The van der Waals surface area contributed by atoms with Gasteiger partial charge in [-0.25, -0.2) is 4.57 Å². The maximum atomic E-state index is 12.1. The number of rotatable bonds is 3. The lowest BCUT2D eigenvalue weighted by Gasteiger charge is -2.31. The Balaban J connectivity index is 1.93. The van der Waals surface area contributed by atoms with Crippen molar-refractivity contribution in [2.75, 3.05) is 39.8 Å². The smallest absolute Gasteiger partial charge is 0.182 e. The number of piperazine rings is 1. The van der Waals surface area contributed by atoms with E-state index >= 15 is 0 Å². The second kappa shape index (κ2) is 5.38. The van der Waals surface area contributed by atoms with Crippen LogP contribution in [0.15, 0.2) is 24.5 Å². The van der Waals surface area contributed by atoms with Crippen LogP contribution in [0.2, 0.25) is 0 Å². The van der Waals surface area contributed by atoms with Gasteiger partial charge in [0.15, 0.2) is 18.2 Å². The predicted octanol–water partition coefficient (Wildman–Crippen LogP) is -0.0588. The quantitative estimate of drug-likeness (QED) is 0.542. The summed E-state index contributed by atoms with van der Waals surface area (Å²) in [6, 6.07) is 3.80. The average molecular weight is 234 g/mol. The third kappa shape index (κ3) is 3.35. The number of nitrogens with zero attached hydrogens (tertiary/aromatic N) is 3. The van der Waals surface area contributed by atoms with Gasteiger partial charge in [-0.3, -0.25) is 9.69 Å². The Morgan fingerprint density at radius 2 is 2.06 bits per heavy atom. The Morgan fingerprint density at radius 1 is 1.35 bits per heavy atom. The van der Waals surface area contributed by atoms with E-state index in [0.29, 0.717) is 6.54 Å². The van der Waals surface area contributed by atoms with Crippen molar-refractivity contribution in [3.05, 3.63) is 30.1 Å². The molecule has 0 N–H and O–H groups in total. The predicted molar refractivity (Wildman–Crippen MR) is 65.9 cm³/mol. The van der Waals surface area contributed by atoms with Crippen LogP contribution < -0.4 is 4.57 Å². The lowest BCUT2D eigenvalue weighted by molar-refractivity contribution is -0.671. The van der Waals surface area contributed by atoms with Crippen LogP contribution in [0.5, 0.6) is 0 Å².